The van der Waals surface area contributed by atoms with Gasteiger partial charge in [-0.25, -0.2) is 5.10 Å². The SMILES string of the molecule is COC(=O)C(C)Sc1n[nH]c(N)n1. The molecule has 3 N–H and O–H groups in total. The van der Waals surface area contributed by atoms with Gasteiger partial charge < -0.3 is 10.5 Å². The fraction of sp³-hybridized carbons (Fsp3) is 0.500. The number of rotatable bonds is 3. The summed E-state index contributed by atoms with van der Waals surface area (Å²) in [6.45, 7) is 1.71. The minimum absolute atomic E-state index is 0.236. The summed E-state index contributed by atoms with van der Waals surface area (Å²) in [6.07, 6.45) is 0. The third kappa shape index (κ3) is 2.62. The van der Waals surface area contributed by atoms with Gasteiger partial charge in [-0.05, 0) is 6.92 Å². The van der Waals surface area contributed by atoms with Crippen LogP contribution in [0.1, 0.15) is 6.92 Å². The largest absolute Gasteiger partial charge is 0.468 e. The molecule has 0 aliphatic carbocycles. The fourth-order valence-corrected chi connectivity index (χ4v) is 1.44. The molecule has 1 rings (SSSR count). The molecule has 1 aromatic heterocycles. The minimum Gasteiger partial charge on any atom is -0.468 e. The maximum atomic E-state index is 11.0. The smallest absolute Gasteiger partial charge is 0.318 e. The molecule has 0 saturated carbocycles. The number of esters is 1. The number of nitrogens with two attached hydrogens (primary N) is 1. The number of aromatic amines is 1. The third-order valence-corrected chi connectivity index (χ3v) is 2.24. The molecule has 7 heteroatoms. The summed E-state index contributed by atoms with van der Waals surface area (Å²) in [5, 5.41) is 6.35. The van der Waals surface area contributed by atoms with Crippen LogP contribution in [0, 0.1) is 0 Å². The topological polar surface area (TPSA) is 93.9 Å². The molecule has 1 heterocycles. The standard InChI is InChI=1S/C6H10N4O2S/c1-3(4(11)12-2)13-6-8-5(7)9-10-6/h3H,1-2H3,(H3,7,8,9,10). The molecular formula is C6H10N4O2S. The first-order valence-electron chi connectivity index (χ1n) is 3.56. The van der Waals surface area contributed by atoms with Crippen LogP contribution in [0.5, 0.6) is 0 Å². The van der Waals surface area contributed by atoms with Crippen LogP contribution in [0.2, 0.25) is 0 Å². The molecule has 6 nitrogen and oxygen atoms in total. The molecule has 0 spiro atoms. The van der Waals surface area contributed by atoms with Crippen LogP contribution >= 0.6 is 11.8 Å². The molecule has 13 heavy (non-hydrogen) atoms. The van der Waals surface area contributed by atoms with E-state index in [0.717, 1.165) is 0 Å². The van der Waals surface area contributed by atoms with Crippen molar-refractivity contribution in [2.45, 2.75) is 17.3 Å². The molecule has 0 aromatic carbocycles. The summed E-state index contributed by atoms with van der Waals surface area (Å²) in [6, 6.07) is 0. The van der Waals surface area contributed by atoms with E-state index >= 15 is 0 Å². The van der Waals surface area contributed by atoms with Crippen molar-refractivity contribution in [3.05, 3.63) is 0 Å². The lowest BCUT2D eigenvalue weighted by atomic mass is 10.5. The number of nitrogens with one attached hydrogen (secondary N) is 1. The number of H-pyrrole nitrogens is 1. The number of hydrogen-bond acceptors (Lipinski definition) is 6. The van der Waals surface area contributed by atoms with E-state index in [1.54, 1.807) is 6.92 Å². The molecule has 0 amide bonds. The highest BCUT2D eigenvalue weighted by Crippen LogP contribution is 2.19. The monoisotopic (exact) mass is 202 g/mol. The fourth-order valence-electron chi connectivity index (χ4n) is 0.683. The van der Waals surface area contributed by atoms with Gasteiger partial charge in [-0.15, -0.1) is 5.10 Å². The van der Waals surface area contributed by atoms with E-state index < -0.39 is 0 Å². The highest BCUT2D eigenvalue weighted by Gasteiger charge is 2.16. The number of carbonyl (C=O) groups excluding carboxylic acids is 1. The van der Waals surface area contributed by atoms with Crippen molar-refractivity contribution in [2.75, 3.05) is 12.8 Å². The molecule has 0 aliphatic heterocycles. The summed E-state index contributed by atoms with van der Waals surface area (Å²) in [5.74, 6) is -0.0760. The minimum atomic E-state index is -0.333. The maximum absolute atomic E-state index is 11.0. The van der Waals surface area contributed by atoms with E-state index in [9.17, 15) is 4.79 Å². The summed E-state index contributed by atoms with van der Waals surface area (Å²) in [4.78, 5) is 14.8. The van der Waals surface area contributed by atoms with Crippen LogP contribution in [0.4, 0.5) is 5.95 Å². The third-order valence-electron chi connectivity index (χ3n) is 1.30. The summed E-state index contributed by atoms with van der Waals surface area (Å²) >= 11 is 1.19. The molecular weight excluding hydrogens is 192 g/mol. The van der Waals surface area contributed by atoms with Crippen molar-refractivity contribution >= 4 is 23.7 Å². The van der Waals surface area contributed by atoms with Gasteiger partial charge in [0.15, 0.2) is 0 Å². The number of aromatic nitrogens is 3. The van der Waals surface area contributed by atoms with Gasteiger partial charge in [0.25, 0.3) is 0 Å². The average Bonchev–Trinajstić information content (AvgIpc) is 2.49. The number of anilines is 1. The lowest BCUT2D eigenvalue weighted by molar-refractivity contribution is -0.139. The van der Waals surface area contributed by atoms with Crippen molar-refractivity contribution in [2.24, 2.45) is 0 Å². The lowest BCUT2D eigenvalue weighted by Crippen LogP contribution is -2.14. The van der Waals surface area contributed by atoms with Crippen molar-refractivity contribution in [1.82, 2.24) is 15.2 Å². The van der Waals surface area contributed by atoms with Crippen LogP contribution in [-0.4, -0.2) is 33.5 Å². The number of hydrogen-bond donors (Lipinski definition) is 2. The summed E-state index contributed by atoms with van der Waals surface area (Å²) in [7, 11) is 1.34. The van der Waals surface area contributed by atoms with Crippen molar-refractivity contribution < 1.29 is 9.53 Å². The second-order valence-corrected chi connectivity index (χ2v) is 3.59. The second-order valence-electron chi connectivity index (χ2n) is 2.29. The van der Waals surface area contributed by atoms with Gasteiger partial charge in [0.2, 0.25) is 11.1 Å². The Morgan fingerprint density at radius 1 is 1.77 bits per heavy atom. The lowest BCUT2D eigenvalue weighted by Gasteiger charge is -2.04. The maximum Gasteiger partial charge on any atom is 0.318 e. The first-order valence-corrected chi connectivity index (χ1v) is 4.44. The van der Waals surface area contributed by atoms with Gasteiger partial charge in [-0.2, -0.15) is 4.98 Å². The Labute approximate surface area is 79.2 Å². The molecule has 0 bridgehead atoms. The van der Waals surface area contributed by atoms with Crippen molar-refractivity contribution in [1.29, 1.82) is 0 Å². The Balaban J connectivity index is 2.54. The Morgan fingerprint density at radius 3 is 2.92 bits per heavy atom. The van der Waals surface area contributed by atoms with E-state index in [1.165, 1.54) is 18.9 Å². The van der Waals surface area contributed by atoms with Gasteiger partial charge >= 0.3 is 5.97 Å². The van der Waals surface area contributed by atoms with Crippen LogP contribution in [0.15, 0.2) is 5.16 Å². The molecule has 0 saturated heterocycles. The molecule has 1 atom stereocenters. The zero-order valence-electron chi connectivity index (χ0n) is 7.27. The van der Waals surface area contributed by atoms with Gasteiger partial charge in [-0.1, -0.05) is 11.8 Å². The van der Waals surface area contributed by atoms with E-state index in [-0.39, 0.29) is 17.2 Å². The van der Waals surface area contributed by atoms with E-state index in [4.69, 9.17) is 5.73 Å². The van der Waals surface area contributed by atoms with Gasteiger partial charge in [0, 0.05) is 0 Å². The molecule has 0 fully saturated rings. The number of nitrogens with zero attached hydrogens (tertiary/aromatic N) is 2. The van der Waals surface area contributed by atoms with Crippen molar-refractivity contribution in [3.8, 4) is 0 Å². The highest BCUT2D eigenvalue weighted by molar-refractivity contribution is 8.00. The summed E-state index contributed by atoms with van der Waals surface area (Å²) in [5.41, 5.74) is 5.30. The van der Waals surface area contributed by atoms with Crippen LogP contribution in [-0.2, 0) is 9.53 Å². The number of thioether (sulfide) groups is 1. The normalized spacial score (nSPS) is 12.5. The summed E-state index contributed by atoms with van der Waals surface area (Å²) < 4.78 is 4.53. The number of nitrogen functional groups attached to an aromatic ring is 1. The highest BCUT2D eigenvalue weighted by atomic mass is 32.2. The predicted molar refractivity (Wildman–Crippen MR) is 48.1 cm³/mol. The average molecular weight is 202 g/mol. The van der Waals surface area contributed by atoms with Crippen molar-refractivity contribution in [3.63, 3.8) is 0 Å². The molecule has 0 aliphatic rings. The second kappa shape index (κ2) is 4.13. The number of methoxy groups -OCH3 is 1. The van der Waals surface area contributed by atoms with Gasteiger partial charge in [0.1, 0.15) is 5.25 Å². The Morgan fingerprint density at radius 2 is 2.46 bits per heavy atom. The zero-order chi connectivity index (χ0) is 9.84. The predicted octanol–water partition coefficient (Wildman–Crippen LogP) is 0.0405. The van der Waals surface area contributed by atoms with Crippen LogP contribution in [0.3, 0.4) is 0 Å². The molecule has 0 radical (unpaired) electrons. The quantitative estimate of drug-likeness (QED) is 0.531. The van der Waals surface area contributed by atoms with E-state index in [2.05, 4.69) is 19.9 Å². The number of carbonyl (C=O) groups is 1. The molecule has 72 valence electrons. The molecule has 1 unspecified atom stereocenters. The Bertz CT molecular complexity index is 301. The first-order chi connectivity index (χ1) is 6.13. The molecule has 1 aromatic rings. The van der Waals surface area contributed by atoms with Crippen LogP contribution in [0.25, 0.3) is 0 Å². The van der Waals surface area contributed by atoms with E-state index in [0.29, 0.717) is 5.16 Å². The van der Waals surface area contributed by atoms with Gasteiger partial charge in [-0.3, -0.25) is 4.79 Å². The van der Waals surface area contributed by atoms with Gasteiger partial charge in [0.05, 0.1) is 7.11 Å². The zero-order valence-corrected chi connectivity index (χ0v) is 8.09. The van der Waals surface area contributed by atoms with Crippen LogP contribution < -0.4 is 5.73 Å². The van der Waals surface area contributed by atoms with E-state index in [1.807, 2.05) is 0 Å². The number of ether oxygens (including phenoxy) is 1. The first kappa shape index (κ1) is 9.85. The Kier molecular flexibility index (Phi) is 3.13. The Hall–Kier alpha value is -1.24.